The molecule has 1 aliphatic carbocycles. The van der Waals surface area contributed by atoms with Crippen molar-refractivity contribution in [2.24, 2.45) is 11.8 Å². The molecule has 0 radical (unpaired) electrons. The van der Waals surface area contributed by atoms with Gasteiger partial charge in [0.1, 0.15) is 0 Å². The van der Waals surface area contributed by atoms with Crippen LogP contribution >= 0.6 is 0 Å². The maximum Gasteiger partial charge on any atom is 0.203 e. The van der Waals surface area contributed by atoms with Crippen LogP contribution in [0.1, 0.15) is 31.1 Å². The van der Waals surface area contributed by atoms with Crippen molar-refractivity contribution in [3.05, 3.63) is 23.3 Å². The maximum atomic E-state index is 10.7. The summed E-state index contributed by atoms with van der Waals surface area (Å²) in [6, 6.07) is 3.36. The number of hydrogen-bond donors (Lipinski definition) is 2. The predicted molar refractivity (Wildman–Crippen MR) is 113 cm³/mol. The molecule has 0 bridgehead atoms. The van der Waals surface area contributed by atoms with Gasteiger partial charge in [-0.15, -0.1) is 0 Å². The quantitative estimate of drug-likeness (QED) is 0.748. The first-order valence-corrected chi connectivity index (χ1v) is 9.82. The van der Waals surface area contributed by atoms with E-state index in [1.54, 1.807) is 19.2 Å². The number of fused-ring (bicyclic) bond motifs is 3. The Morgan fingerprint density at radius 3 is 1.73 bits per heavy atom. The molecule has 2 aromatic rings. The van der Waals surface area contributed by atoms with Crippen LogP contribution in [0.15, 0.2) is 12.1 Å². The van der Waals surface area contributed by atoms with Crippen LogP contribution in [-0.2, 0) is 11.2 Å². The van der Waals surface area contributed by atoms with Crippen LogP contribution in [0.25, 0.3) is 11.1 Å². The third-order valence-electron chi connectivity index (χ3n) is 6.09. The molecule has 0 heterocycles. The molecule has 3 rings (SSSR count). The van der Waals surface area contributed by atoms with Crippen molar-refractivity contribution in [2.75, 3.05) is 35.5 Å². The molecule has 7 nitrogen and oxygen atoms in total. The number of phenols is 2. The first kappa shape index (κ1) is 21.9. The molecule has 0 fully saturated rings. The molecule has 0 saturated heterocycles. The minimum Gasteiger partial charge on any atom is -0.504 e. The van der Waals surface area contributed by atoms with Gasteiger partial charge < -0.3 is 33.9 Å². The lowest BCUT2D eigenvalue weighted by Crippen LogP contribution is -2.24. The summed E-state index contributed by atoms with van der Waals surface area (Å²) in [6.45, 7) is 4.25. The molecule has 2 aromatic carbocycles. The second-order valence-electron chi connectivity index (χ2n) is 7.62. The minimum absolute atomic E-state index is 0.00285. The summed E-state index contributed by atoms with van der Waals surface area (Å²) < 4.78 is 28.3. The van der Waals surface area contributed by atoms with Crippen LogP contribution in [-0.4, -0.2) is 45.8 Å². The average molecular weight is 418 g/mol. The van der Waals surface area contributed by atoms with E-state index in [4.69, 9.17) is 23.7 Å². The largest absolute Gasteiger partial charge is 0.504 e. The van der Waals surface area contributed by atoms with Crippen molar-refractivity contribution in [2.45, 2.75) is 26.4 Å². The topological polar surface area (TPSA) is 86.6 Å². The van der Waals surface area contributed by atoms with E-state index in [9.17, 15) is 10.2 Å². The highest BCUT2D eigenvalue weighted by atomic mass is 16.5. The summed E-state index contributed by atoms with van der Waals surface area (Å²) >= 11 is 0. The SMILES string of the molecule is COc1c(O)cc2c(c1OC)-c1c(cc(O)c(OC)c1OC)[C@H](OC)[C@@H](C)[C@@H](C)C2. The van der Waals surface area contributed by atoms with Gasteiger partial charge in [-0.05, 0) is 41.5 Å². The molecule has 0 unspecified atom stereocenters. The van der Waals surface area contributed by atoms with Crippen molar-refractivity contribution in [3.8, 4) is 45.6 Å². The Hall–Kier alpha value is -2.80. The van der Waals surface area contributed by atoms with E-state index in [2.05, 4.69) is 13.8 Å². The van der Waals surface area contributed by atoms with Crippen molar-refractivity contribution >= 4 is 0 Å². The molecule has 30 heavy (non-hydrogen) atoms. The zero-order valence-electron chi connectivity index (χ0n) is 18.5. The maximum absolute atomic E-state index is 10.7. The Bertz CT molecular complexity index is 938. The third-order valence-corrected chi connectivity index (χ3v) is 6.09. The molecule has 0 saturated carbocycles. The number of phenolic OH excluding ortho intramolecular Hbond substituents is 2. The number of methoxy groups -OCH3 is 5. The molecule has 0 aromatic heterocycles. The van der Waals surface area contributed by atoms with Gasteiger partial charge in [-0.3, -0.25) is 0 Å². The number of rotatable bonds is 5. The van der Waals surface area contributed by atoms with Gasteiger partial charge in [0, 0.05) is 18.2 Å². The average Bonchev–Trinajstić information content (AvgIpc) is 2.72. The normalized spacial score (nSPS) is 20.4. The zero-order chi connectivity index (χ0) is 22.2. The van der Waals surface area contributed by atoms with Gasteiger partial charge in [0.15, 0.2) is 23.0 Å². The molecule has 7 heteroatoms. The second kappa shape index (κ2) is 8.52. The molecule has 2 N–H and O–H groups in total. The standard InChI is InChI=1S/C23H30O7/c1-11-8-13-9-15(24)20(27-4)22(29-6)17(13)18-14(19(26-3)12(11)2)10-16(25)21(28-5)23(18)30-7/h9-12,19,24-25H,8H2,1-7H3/t11-,12-,19+/m0/s1. The van der Waals surface area contributed by atoms with E-state index in [1.165, 1.54) is 28.4 Å². The lowest BCUT2D eigenvalue weighted by molar-refractivity contribution is 0.0361. The van der Waals surface area contributed by atoms with E-state index >= 15 is 0 Å². The van der Waals surface area contributed by atoms with Gasteiger partial charge in [0.2, 0.25) is 11.5 Å². The highest BCUT2D eigenvalue weighted by molar-refractivity contribution is 5.88. The summed E-state index contributed by atoms with van der Waals surface area (Å²) in [5.41, 5.74) is 3.03. The summed E-state index contributed by atoms with van der Waals surface area (Å²) in [7, 11) is 7.66. The van der Waals surface area contributed by atoms with Crippen LogP contribution in [0.3, 0.4) is 0 Å². The van der Waals surface area contributed by atoms with Gasteiger partial charge in [-0.2, -0.15) is 0 Å². The fourth-order valence-electron chi connectivity index (χ4n) is 4.48. The number of ether oxygens (including phenoxy) is 5. The van der Waals surface area contributed by atoms with Crippen LogP contribution in [0.4, 0.5) is 0 Å². The van der Waals surface area contributed by atoms with Crippen molar-refractivity contribution in [3.63, 3.8) is 0 Å². The third kappa shape index (κ3) is 3.27. The van der Waals surface area contributed by atoms with Crippen molar-refractivity contribution < 1.29 is 33.9 Å². The smallest absolute Gasteiger partial charge is 0.203 e. The highest BCUT2D eigenvalue weighted by Gasteiger charge is 2.37. The van der Waals surface area contributed by atoms with Gasteiger partial charge >= 0.3 is 0 Å². The molecule has 0 aliphatic heterocycles. The lowest BCUT2D eigenvalue weighted by atomic mass is 9.76. The number of hydrogen-bond acceptors (Lipinski definition) is 7. The molecule has 0 spiro atoms. The number of aromatic hydroxyl groups is 2. The molecule has 0 amide bonds. The van der Waals surface area contributed by atoms with E-state index in [0.29, 0.717) is 23.5 Å². The van der Waals surface area contributed by atoms with E-state index < -0.39 is 0 Å². The van der Waals surface area contributed by atoms with Gasteiger partial charge in [0.05, 0.1) is 34.5 Å². The number of benzene rings is 2. The van der Waals surface area contributed by atoms with E-state index in [1.807, 2.05) is 0 Å². The molecule has 164 valence electrons. The van der Waals surface area contributed by atoms with Crippen LogP contribution in [0.2, 0.25) is 0 Å². The summed E-state index contributed by atoms with van der Waals surface area (Å²) in [4.78, 5) is 0. The Kier molecular flexibility index (Phi) is 6.22. The Labute approximate surface area is 177 Å². The molecule has 3 atom stereocenters. The summed E-state index contributed by atoms with van der Waals surface area (Å²) in [5, 5.41) is 21.3. The highest BCUT2D eigenvalue weighted by Crippen LogP contribution is 2.57. The molecular formula is C23H30O7. The fraction of sp³-hybridized carbons (Fsp3) is 0.478. The molecule has 1 aliphatic rings. The zero-order valence-corrected chi connectivity index (χ0v) is 18.5. The van der Waals surface area contributed by atoms with Crippen LogP contribution in [0, 0.1) is 11.8 Å². The fourth-order valence-corrected chi connectivity index (χ4v) is 4.48. The van der Waals surface area contributed by atoms with Crippen molar-refractivity contribution in [1.82, 2.24) is 0 Å². The Morgan fingerprint density at radius 2 is 1.23 bits per heavy atom. The van der Waals surface area contributed by atoms with Crippen molar-refractivity contribution in [1.29, 1.82) is 0 Å². The lowest BCUT2D eigenvalue weighted by Gasteiger charge is -2.35. The first-order valence-electron chi connectivity index (χ1n) is 9.82. The first-order chi connectivity index (χ1) is 14.3. The Morgan fingerprint density at radius 1 is 0.733 bits per heavy atom. The van der Waals surface area contributed by atoms with E-state index in [0.717, 1.165) is 16.7 Å². The van der Waals surface area contributed by atoms with Crippen LogP contribution in [0.5, 0.6) is 34.5 Å². The van der Waals surface area contributed by atoms with Gasteiger partial charge in [-0.25, -0.2) is 0 Å². The summed E-state index contributed by atoms with van der Waals surface area (Å²) in [6.07, 6.45) is 0.370. The second-order valence-corrected chi connectivity index (χ2v) is 7.62. The minimum atomic E-state index is -0.307. The Balaban J connectivity index is 2.56. The monoisotopic (exact) mass is 418 g/mol. The van der Waals surface area contributed by atoms with E-state index in [-0.39, 0.29) is 40.9 Å². The molecular weight excluding hydrogens is 388 g/mol. The summed E-state index contributed by atoms with van der Waals surface area (Å²) in [5.74, 6) is 1.49. The van der Waals surface area contributed by atoms with Gasteiger partial charge in [-0.1, -0.05) is 13.8 Å². The predicted octanol–water partition coefficient (Wildman–Crippen LogP) is 4.32. The van der Waals surface area contributed by atoms with Gasteiger partial charge in [0.25, 0.3) is 0 Å². The van der Waals surface area contributed by atoms with Crippen LogP contribution < -0.4 is 18.9 Å².